The molecule has 0 atom stereocenters. The van der Waals surface area contributed by atoms with Crippen molar-refractivity contribution in [3.8, 4) is 5.88 Å². The molecular formula is C16H23N3O. The highest BCUT2D eigenvalue weighted by Gasteiger charge is 2.17. The van der Waals surface area contributed by atoms with Crippen molar-refractivity contribution < 1.29 is 4.74 Å². The Bertz CT molecular complexity index is 575. The molecule has 1 aromatic carbocycles. The summed E-state index contributed by atoms with van der Waals surface area (Å²) >= 11 is 0. The van der Waals surface area contributed by atoms with E-state index in [9.17, 15) is 0 Å². The Morgan fingerprint density at radius 2 is 1.75 bits per heavy atom. The van der Waals surface area contributed by atoms with E-state index in [1.807, 2.05) is 45.0 Å². The Morgan fingerprint density at radius 3 is 2.35 bits per heavy atom. The predicted molar refractivity (Wildman–Crippen MR) is 83.3 cm³/mol. The summed E-state index contributed by atoms with van der Waals surface area (Å²) in [7, 11) is 0. The maximum Gasteiger partial charge on any atom is 0.258 e. The van der Waals surface area contributed by atoms with E-state index in [4.69, 9.17) is 4.74 Å². The van der Waals surface area contributed by atoms with Gasteiger partial charge in [-0.3, -0.25) is 0 Å². The third kappa shape index (κ3) is 3.83. The highest BCUT2D eigenvalue weighted by atomic mass is 16.5. The van der Waals surface area contributed by atoms with Gasteiger partial charge in [0.1, 0.15) is 5.60 Å². The Kier molecular flexibility index (Phi) is 4.42. The maximum absolute atomic E-state index is 5.94. The van der Waals surface area contributed by atoms with Gasteiger partial charge in [-0.25, -0.2) is 9.97 Å². The van der Waals surface area contributed by atoms with Crippen LogP contribution in [0.2, 0.25) is 0 Å². The van der Waals surface area contributed by atoms with Gasteiger partial charge in [0.2, 0.25) is 0 Å². The van der Waals surface area contributed by atoms with Gasteiger partial charge >= 0.3 is 0 Å². The average Bonchev–Trinajstić information content (AvgIpc) is 2.37. The molecule has 1 N–H and O–H groups in total. The van der Waals surface area contributed by atoms with Crippen LogP contribution in [0.3, 0.4) is 0 Å². The summed E-state index contributed by atoms with van der Waals surface area (Å²) in [5.74, 6) is 1.30. The lowest BCUT2D eigenvalue weighted by Gasteiger charge is -2.22. The highest BCUT2D eigenvalue weighted by Crippen LogP contribution is 2.26. The zero-order chi connectivity index (χ0) is 14.6. The van der Waals surface area contributed by atoms with Crippen molar-refractivity contribution in [3.63, 3.8) is 0 Å². The van der Waals surface area contributed by atoms with Crippen molar-refractivity contribution in [3.05, 3.63) is 24.3 Å². The minimum absolute atomic E-state index is 0.293. The molecule has 0 aliphatic heterocycles. The summed E-state index contributed by atoms with van der Waals surface area (Å²) in [6.45, 7) is 9.09. The minimum atomic E-state index is -0.293. The van der Waals surface area contributed by atoms with E-state index in [1.54, 1.807) is 0 Å². The van der Waals surface area contributed by atoms with Crippen LogP contribution >= 0.6 is 0 Å². The van der Waals surface area contributed by atoms with Crippen molar-refractivity contribution in [2.75, 3.05) is 11.9 Å². The second kappa shape index (κ2) is 6.07. The molecule has 4 nitrogen and oxygen atoms in total. The number of anilines is 1. The van der Waals surface area contributed by atoms with Crippen molar-refractivity contribution >= 4 is 16.9 Å². The monoisotopic (exact) mass is 273 g/mol. The number of benzene rings is 1. The first kappa shape index (κ1) is 14.6. The summed E-state index contributed by atoms with van der Waals surface area (Å²) in [5.41, 5.74) is 1.44. The first-order chi connectivity index (χ1) is 9.49. The molecule has 0 amide bonds. The molecule has 1 aromatic heterocycles. The summed E-state index contributed by atoms with van der Waals surface area (Å²) in [5, 5.41) is 3.33. The quantitative estimate of drug-likeness (QED) is 0.836. The minimum Gasteiger partial charge on any atom is -0.469 e. The second-order valence-electron chi connectivity index (χ2n) is 5.86. The number of fused-ring (bicyclic) bond motifs is 1. The Hall–Kier alpha value is -1.84. The van der Waals surface area contributed by atoms with Gasteiger partial charge in [0.05, 0.1) is 11.0 Å². The van der Waals surface area contributed by atoms with Crippen molar-refractivity contribution in [1.29, 1.82) is 0 Å². The third-order valence-corrected chi connectivity index (χ3v) is 2.76. The summed E-state index contributed by atoms with van der Waals surface area (Å²) < 4.78 is 5.94. The van der Waals surface area contributed by atoms with Crippen LogP contribution in [0.5, 0.6) is 5.88 Å². The van der Waals surface area contributed by atoms with E-state index in [-0.39, 0.29) is 5.60 Å². The molecule has 108 valence electrons. The smallest absolute Gasteiger partial charge is 0.258 e. The molecule has 0 aliphatic rings. The van der Waals surface area contributed by atoms with E-state index in [0.717, 1.165) is 36.2 Å². The standard InChI is InChI=1S/C16H23N3O/c1-5-6-11-17-14-15(20-16(2,3)4)19-13-10-8-7-9-12(13)18-14/h7-10H,5-6,11H2,1-4H3,(H,17,18). The molecule has 4 heteroatoms. The summed E-state index contributed by atoms with van der Waals surface area (Å²) in [6, 6.07) is 7.85. The molecule has 0 radical (unpaired) electrons. The molecule has 0 spiro atoms. The van der Waals surface area contributed by atoms with E-state index in [1.165, 1.54) is 0 Å². The van der Waals surface area contributed by atoms with Crippen LogP contribution in [-0.4, -0.2) is 22.1 Å². The molecule has 0 aliphatic carbocycles. The van der Waals surface area contributed by atoms with Gasteiger partial charge in [0, 0.05) is 6.54 Å². The fraction of sp³-hybridized carbons (Fsp3) is 0.500. The van der Waals surface area contributed by atoms with Crippen LogP contribution in [0.15, 0.2) is 24.3 Å². The molecule has 0 saturated carbocycles. The molecular weight excluding hydrogens is 250 g/mol. The van der Waals surface area contributed by atoms with E-state index in [2.05, 4.69) is 22.2 Å². The number of nitrogens with one attached hydrogen (secondary N) is 1. The molecule has 2 aromatic rings. The molecule has 2 rings (SSSR count). The van der Waals surface area contributed by atoms with Gasteiger partial charge in [0.15, 0.2) is 5.82 Å². The van der Waals surface area contributed by atoms with Gasteiger partial charge in [0.25, 0.3) is 5.88 Å². The zero-order valence-electron chi connectivity index (χ0n) is 12.7. The first-order valence-corrected chi connectivity index (χ1v) is 7.19. The molecule has 0 unspecified atom stereocenters. The van der Waals surface area contributed by atoms with E-state index >= 15 is 0 Å². The van der Waals surface area contributed by atoms with Gasteiger partial charge < -0.3 is 10.1 Å². The van der Waals surface area contributed by atoms with Crippen LogP contribution < -0.4 is 10.1 Å². The lowest BCUT2D eigenvalue weighted by Crippen LogP contribution is -2.24. The highest BCUT2D eigenvalue weighted by molar-refractivity contribution is 5.77. The van der Waals surface area contributed by atoms with Crippen LogP contribution in [0.25, 0.3) is 11.0 Å². The van der Waals surface area contributed by atoms with E-state index < -0.39 is 0 Å². The van der Waals surface area contributed by atoms with Gasteiger partial charge in [-0.05, 0) is 39.3 Å². The largest absolute Gasteiger partial charge is 0.469 e. The molecule has 0 saturated heterocycles. The normalized spacial score (nSPS) is 11.6. The number of hydrogen-bond donors (Lipinski definition) is 1. The lowest BCUT2D eigenvalue weighted by atomic mass is 10.2. The molecule has 0 bridgehead atoms. The van der Waals surface area contributed by atoms with Crippen molar-refractivity contribution in [1.82, 2.24) is 9.97 Å². The van der Waals surface area contributed by atoms with Gasteiger partial charge in [-0.2, -0.15) is 0 Å². The number of ether oxygens (including phenoxy) is 1. The summed E-state index contributed by atoms with van der Waals surface area (Å²) in [6.07, 6.45) is 2.24. The summed E-state index contributed by atoms with van der Waals surface area (Å²) in [4.78, 5) is 9.22. The topological polar surface area (TPSA) is 47.0 Å². The number of para-hydroxylation sites is 2. The van der Waals surface area contributed by atoms with Gasteiger partial charge in [-0.1, -0.05) is 25.5 Å². The Balaban J connectivity index is 2.36. The molecule has 20 heavy (non-hydrogen) atoms. The van der Waals surface area contributed by atoms with Crippen molar-refractivity contribution in [2.24, 2.45) is 0 Å². The fourth-order valence-corrected chi connectivity index (χ4v) is 1.84. The van der Waals surface area contributed by atoms with Crippen LogP contribution in [0, 0.1) is 0 Å². The number of aromatic nitrogens is 2. The van der Waals surface area contributed by atoms with E-state index in [0.29, 0.717) is 5.88 Å². The predicted octanol–water partition coefficient (Wildman–Crippen LogP) is 4.02. The molecule has 0 fully saturated rings. The van der Waals surface area contributed by atoms with Crippen LogP contribution in [-0.2, 0) is 0 Å². The number of unbranched alkanes of at least 4 members (excludes halogenated alkanes) is 1. The Morgan fingerprint density at radius 1 is 1.10 bits per heavy atom. The first-order valence-electron chi connectivity index (χ1n) is 7.19. The van der Waals surface area contributed by atoms with Crippen molar-refractivity contribution in [2.45, 2.75) is 46.1 Å². The number of rotatable bonds is 5. The van der Waals surface area contributed by atoms with Crippen LogP contribution in [0.1, 0.15) is 40.5 Å². The number of nitrogens with zero attached hydrogens (tertiary/aromatic N) is 2. The average molecular weight is 273 g/mol. The lowest BCUT2D eigenvalue weighted by molar-refractivity contribution is 0.125. The second-order valence-corrected chi connectivity index (χ2v) is 5.86. The molecule has 1 heterocycles. The Labute approximate surface area is 120 Å². The fourth-order valence-electron chi connectivity index (χ4n) is 1.84. The zero-order valence-corrected chi connectivity index (χ0v) is 12.7. The van der Waals surface area contributed by atoms with Crippen LogP contribution in [0.4, 0.5) is 5.82 Å². The SMILES string of the molecule is CCCCNc1nc2ccccc2nc1OC(C)(C)C. The third-order valence-electron chi connectivity index (χ3n) is 2.76. The van der Waals surface area contributed by atoms with Gasteiger partial charge in [-0.15, -0.1) is 0 Å². The number of hydrogen-bond acceptors (Lipinski definition) is 4. The maximum atomic E-state index is 5.94.